The Morgan fingerprint density at radius 3 is 2.44 bits per heavy atom. The molecule has 0 heterocycles. The van der Waals surface area contributed by atoms with E-state index in [1.54, 1.807) is 0 Å². The van der Waals surface area contributed by atoms with Crippen molar-refractivity contribution in [2.45, 2.75) is 39.8 Å². The molecule has 4 nitrogen and oxygen atoms in total. The summed E-state index contributed by atoms with van der Waals surface area (Å²) in [6, 6.07) is 15.2. The molecule has 0 aliphatic rings. The maximum absolute atomic E-state index is 12.1. The van der Waals surface area contributed by atoms with Gasteiger partial charge in [-0.1, -0.05) is 44.2 Å². The molecule has 2 rings (SSSR count). The molecule has 5 heteroatoms. The fraction of sp³-hybridized carbons (Fsp3) is 0.350. The third-order valence-electron chi connectivity index (χ3n) is 3.77. The standard InChI is InChI=1S/C20H26N2O2.ClH/c1-14(2)11-18(21)20(23)22-19-10-9-17(12-15(19)3)24-13-16-7-5-4-6-8-16;/h4-10,12,14,18H,11,13,21H2,1-3H3,(H,22,23);1H/t18-;/m0./s1. The number of hydrogen-bond acceptors (Lipinski definition) is 3. The van der Waals surface area contributed by atoms with E-state index in [-0.39, 0.29) is 18.3 Å². The summed E-state index contributed by atoms with van der Waals surface area (Å²) in [4.78, 5) is 12.1. The van der Waals surface area contributed by atoms with E-state index >= 15 is 0 Å². The topological polar surface area (TPSA) is 64.3 Å². The zero-order chi connectivity index (χ0) is 17.5. The van der Waals surface area contributed by atoms with E-state index in [2.05, 4.69) is 19.2 Å². The van der Waals surface area contributed by atoms with E-state index in [1.807, 2.05) is 55.5 Å². The Labute approximate surface area is 156 Å². The quantitative estimate of drug-likeness (QED) is 0.771. The molecule has 0 unspecified atom stereocenters. The van der Waals surface area contributed by atoms with Crippen LogP contribution in [0.5, 0.6) is 5.75 Å². The Morgan fingerprint density at radius 2 is 1.84 bits per heavy atom. The Kier molecular flexibility index (Phi) is 8.46. The maximum Gasteiger partial charge on any atom is 0.241 e. The van der Waals surface area contributed by atoms with Crippen LogP contribution in [-0.4, -0.2) is 11.9 Å². The minimum absolute atomic E-state index is 0. The molecule has 1 atom stereocenters. The third-order valence-corrected chi connectivity index (χ3v) is 3.77. The van der Waals surface area contributed by atoms with Crippen LogP contribution in [0.15, 0.2) is 48.5 Å². The highest BCUT2D eigenvalue weighted by Gasteiger charge is 2.15. The van der Waals surface area contributed by atoms with Gasteiger partial charge in [-0.15, -0.1) is 12.4 Å². The second-order valence-electron chi connectivity index (χ2n) is 6.48. The molecule has 25 heavy (non-hydrogen) atoms. The normalized spacial score (nSPS) is 11.6. The zero-order valence-electron chi connectivity index (χ0n) is 15.0. The first-order valence-electron chi connectivity index (χ1n) is 8.29. The second kappa shape index (κ2) is 10.1. The van der Waals surface area contributed by atoms with Crippen molar-refractivity contribution in [2.75, 3.05) is 5.32 Å². The van der Waals surface area contributed by atoms with Crippen molar-refractivity contribution < 1.29 is 9.53 Å². The first-order valence-corrected chi connectivity index (χ1v) is 8.29. The largest absolute Gasteiger partial charge is 0.489 e. The van der Waals surface area contributed by atoms with Gasteiger partial charge in [0.05, 0.1) is 6.04 Å². The van der Waals surface area contributed by atoms with Crippen LogP contribution in [0.3, 0.4) is 0 Å². The van der Waals surface area contributed by atoms with Gasteiger partial charge in [-0.2, -0.15) is 0 Å². The molecule has 0 saturated heterocycles. The lowest BCUT2D eigenvalue weighted by Crippen LogP contribution is -2.36. The highest BCUT2D eigenvalue weighted by molar-refractivity contribution is 5.95. The van der Waals surface area contributed by atoms with E-state index in [1.165, 1.54) is 0 Å². The van der Waals surface area contributed by atoms with Gasteiger partial charge in [0.25, 0.3) is 0 Å². The van der Waals surface area contributed by atoms with Crippen LogP contribution in [0.1, 0.15) is 31.4 Å². The van der Waals surface area contributed by atoms with E-state index in [9.17, 15) is 4.79 Å². The van der Waals surface area contributed by atoms with Crippen molar-refractivity contribution in [1.29, 1.82) is 0 Å². The number of halogens is 1. The molecule has 2 aromatic rings. The van der Waals surface area contributed by atoms with E-state index < -0.39 is 6.04 Å². The summed E-state index contributed by atoms with van der Waals surface area (Å²) in [7, 11) is 0. The number of nitrogens with two attached hydrogens (primary N) is 1. The SMILES string of the molecule is Cc1cc(OCc2ccccc2)ccc1NC(=O)[C@@H](N)CC(C)C.Cl. The number of anilines is 1. The zero-order valence-corrected chi connectivity index (χ0v) is 15.8. The minimum atomic E-state index is -0.488. The second-order valence-corrected chi connectivity index (χ2v) is 6.48. The number of carbonyl (C=O) groups excluding carboxylic acids is 1. The van der Waals surface area contributed by atoms with Gasteiger partial charge in [-0.05, 0) is 48.6 Å². The molecule has 136 valence electrons. The lowest BCUT2D eigenvalue weighted by atomic mass is 10.0. The van der Waals surface area contributed by atoms with Gasteiger partial charge in [0.1, 0.15) is 12.4 Å². The Bertz CT molecular complexity index is 675. The van der Waals surface area contributed by atoms with Crippen molar-refractivity contribution in [2.24, 2.45) is 11.7 Å². The predicted octanol–water partition coefficient (Wildman–Crippen LogP) is 4.31. The van der Waals surface area contributed by atoms with Gasteiger partial charge >= 0.3 is 0 Å². The lowest BCUT2D eigenvalue weighted by Gasteiger charge is -2.16. The van der Waals surface area contributed by atoms with Crippen LogP contribution >= 0.6 is 12.4 Å². The number of carbonyl (C=O) groups is 1. The summed E-state index contributed by atoms with van der Waals surface area (Å²) in [5, 5.41) is 2.90. The molecule has 0 aliphatic heterocycles. The Morgan fingerprint density at radius 1 is 1.16 bits per heavy atom. The van der Waals surface area contributed by atoms with E-state index in [0.717, 1.165) is 22.6 Å². The first-order chi connectivity index (χ1) is 11.5. The summed E-state index contributed by atoms with van der Waals surface area (Å²) >= 11 is 0. The van der Waals surface area contributed by atoms with Gasteiger partial charge in [-0.25, -0.2) is 0 Å². The van der Waals surface area contributed by atoms with Crippen LogP contribution in [0.2, 0.25) is 0 Å². The number of rotatable bonds is 7. The number of ether oxygens (including phenoxy) is 1. The summed E-state index contributed by atoms with van der Waals surface area (Å²) in [6.45, 7) is 6.57. The number of benzene rings is 2. The van der Waals surface area contributed by atoms with Crippen molar-refractivity contribution in [3.63, 3.8) is 0 Å². The maximum atomic E-state index is 12.1. The van der Waals surface area contributed by atoms with Crippen molar-refractivity contribution in [3.05, 3.63) is 59.7 Å². The number of amides is 1. The third kappa shape index (κ3) is 6.77. The molecule has 0 aliphatic carbocycles. The fourth-order valence-corrected chi connectivity index (χ4v) is 2.45. The molecular formula is C20H27ClN2O2. The molecule has 0 spiro atoms. The van der Waals surface area contributed by atoms with Crippen LogP contribution in [0, 0.1) is 12.8 Å². The summed E-state index contributed by atoms with van der Waals surface area (Å²) < 4.78 is 5.80. The van der Waals surface area contributed by atoms with Crippen molar-refractivity contribution in [3.8, 4) is 5.75 Å². The van der Waals surface area contributed by atoms with Crippen LogP contribution < -0.4 is 15.8 Å². The smallest absolute Gasteiger partial charge is 0.241 e. The van der Waals surface area contributed by atoms with Crippen molar-refractivity contribution >= 4 is 24.0 Å². The van der Waals surface area contributed by atoms with Gasteiger partial charge < -0.3 is 15.8 Å². The molecular weight excluding hydrogens is 336 g/mol. The van der Waals surface area contributed by atoms with Gasteiger partial charge in [0.2, 0.25) is 5.91 Å². The number of aryl methyl sites for hydroxylation is 1. The van der Waals surface area contributed by atoms with Gasteiger partial charge in [0, 0.05) is 5.69 Å². The summed E-state index contributed by atoms with van der Waals surface area (Å²) in [6.07, 6.45) is 0.670. The molecule has 0 fully saturated rings. The van der Waals surface area contributed by atoms with Crippen LogP contribution in [0.4, 0.5) is 5.69 Å². The molecule has 0 saturated carbocycles. The highest BCUT2D eigenvalue weighted by atomic mass is 35.5. The molecule has 0 aromatic heterocycles. The van der Waals surface area contributed by atoms with Crippen molar-refractivity contribution in [1.82, 2.24) is 0 Å². The van der Waals surface area contributed by atoms with Crippen LogP contribution in [0.25, 0.3) is 0 Å². The predicted molar refractivity (Wildman–Crippen MR) is 105 cm³/mol. The summed E-state index contributed by atoms with van der Waals surface area (Å²) in [5.41, 5.74) is 8.76. The van der Waals surface area contributed by atoms with E-state index in [4.69, 9.17) is 10.5 Å². The fourth-order valence-electron chi connectivity index (χ4n) is 2.45. The minimum Gasteiger partial charge on any atom is -0.489 e. The molecule has 2 aromatic carbocycles. The Balaban J connectivity index is 0.00000312. The van der Waals surface area contributed by atoms with Crippen LogP contribution in [-0.2, 0) is 11.4 Å². The van der Waals surface area contributed by atoms with Gasteiger partial charge in [-0.3, -0.25) is 4.79 Å². The average Bonchev–Trinajstić information content (AvgIpc) is 2.55. The first kappa shape index (κ1) is 21.0. The molecule has 3 N–H and O–H groups in total. The average molecular weight is 363 g/mol. The summed E-state index contributed by atoms with van der Waals surface area (Å²) in [5.74, 6) is 1.02. The monoisotopic (exact) mass is 362 g/mol. The van der Waals surface area contributed by atoms with E-state index in [0.29, 0.717) is 18.9 Å². The van der Waals surface area contributed by atoms with Gasteiger partial charge in [0.15, 0.2) is 0 Å². The highest BCUT2D eigenvalue weighted by Crippen LogP contribution is 2.22. The number of nitrogens with one attached hydrogen (secondary N) is 1. The number of hydrogen-bond donors (Lipinski definition) is 2. The molecule has 1 amide bonds. The Hall–Kier alpha value is -2.04. The molecule has 0 bridgehead atoms. The molecule has 0 radical (unpaired) electrons. The lowest BCUT2D eigenvalue weighted by molar-refractivity contribution is -0.117.